The summed E-state index contributed by atoms with van der Waals surface area (Å²) in [6.07, 6.45) is 1.98. The highest BCUT2D eigenvalue weighted by Gasteiger charge is 2.21. The molecular weight excluding hydrogens is 129 g/mol. The van der Waals surface area contributed by atoms with E-state index in [-0.39, 0.29) is 5.92 Å². The minimum atomic E-state index is 0.214. The van der Waals surface area contributed by atoms with Crippen LogP contribution in [0.1, 0.15) is 6.42 Å². The van der Waals surface area contributed by atoms with Gasteiger partial charge in [0, 0.05) is 13.0 Å². The van der Waals surface area contributed by atoms with Crippen LogP contribution in [0.2, 0.25) is 0 Å². The Labute approximate surface area is 61.6 Å². The van der Waals surface area contributed by atoms with Crippen molar-refractivity contribution in [2.75, 3.05) is 20.2 Å². The van der Waals surface area contributed by atoms with E-state index < -0.39 is 0 Å². The predicted octanol–water partition coefficient (Wildman–Crippen LogP) is -0.312. The molecule has 1 unspecified atom stereocenters. The fourth-order valence-corrected chi connectivity index (χ4v) is 1.17. The van der Waals surface area contributed by atoms with Gasteiger partial charge in [-0.1, -0.05) is 0 Å². The molecule has 0 N–H and O–H groups in total. The third-order valence-electron chi connectivity index (χ3n) is 1.70. The van der Waals surface area contributed by atoms with Crippen molar-refractivity contribution < 1.29 is 9.45 Å². The van der Waals surface area contributed by atoms with Crippen LogP contribution in [-0.4, -0.2) is 38.9 Å². The molecule has 1 heterocycles. The summed E-state index contributed by atoms with van der Waals surface area (Å²) in [6, 6.07) is 0. The first-order valence-corrected chi connectivity index (χ1v) is 3.42. The molecule has 10 heavy (non-hydrogen) atoms. The normalized spacial score (nSPS) is 26.7. The van der Waals surface area contributed by atoms with Crippen molar-refractivity contribution in [3.63, 3.8) is 0 Å². The maximum atomic E-state index is 10.3. The first kappa shape index (κ1) is 7.76. The third-order valence-corrected chi connectivity index (χ3v) is 1.70. The van der Waals surface area contributed by atoms with Crippen LogP contribution in [0.15, 0.2) is 0 Å². The lowest BCUT2D eigenvalue weighted by Gasteiger charge is -2.09. The molecule has 0 saturated carbocycles. The summed E-state index contributed by atoms with van der Waals surface area (Å²) in [5.41, 5.74) is 0. The molecule has 0 bridgehead atoms. The Morgan fingerprint density at radius 2 is 2.60 bits per heavy atom. The van der Waals surface area contributed by atoms with E-state index in [1.165, 1.54) is 0 Å². The zero-order chi connectivity index (χ0) is 7.40. The molecule has 1 aliphatic heterocycles. The van der Waals surface area contributed by atoms with Crippen LogP contribution in [0.4, 0.5) is 0 Å². The number of rotatable bonds is 3. The fourth-order valence-electron chi connectivity index (χ4n) is 1.17. The molecule has 0 aliphatic carbocycles. The van der Waals surface area contributed by atoms with E-state index >= 15 is 0 Å². The highest BCUT2D eigenvalue weighted by Crippen LogP contribution is 2.11. The molecule has 1 saturated heterocycles. The molecule has 1 aliphatic rings. The lowest BCUT2D eigenvalue weighted by Crippen LogP contribution is -2.26. The minimum Gasteiger partial charge on any atom is -0.427 e. The van der Waals surface area contributed by atoms with Crippen molar-refractivity contribution in [2.45, 2.75) is 6.42 Å². The molecule has 1 rings (SSSR count). The largest absolute Gasteiger partial charge is 0.427 e. The Bertz CT molecular complexity index is 120. The minimum absolute atomic E-state index is 0.214. The second kappa shape index (κ2) is 3.73. The van der Waals surface area contributed by atoms with Crippen LogP contribution in [0.3, 0.4) is 0 Å². The molecule has 0 aromatic heterocycles. The van der Waals surface area contributed by atoms with E-state index in [1.807, 2.05) is 4.81 Å². The molecule has 1 fully saturated rings. The molecular formula is C6H11BNO2. The van der Waals surface area contributed by atoms with Gasteiger partial charge in [-0.3, -0.25) is 0 Å². The first-order chi connectivity index (χ1) is 4.86. The van der Waals surface area contributed by atoms with E-state index in [4.69, 9.17) is 4.65 Å². The molecule has 3 nitrogen and oxygen atoms in total. The van der Waals surface area contributed by atoms with Crippen molar-refractivity contribution >= 4 is 13.9 Å². The summed E-state index contributed by atoms with van der Waals surface area (Å²) in [4.78, 5) is 12.3. The van der Waals surface area contributed by atoms with Gasteiger partial charge in [0.1, 0.15) is 6.29 Å². The number of aldehydes is 1. The average Bonchev–Trinajstić information content (AvgIpc) is 2.37. The monoisotopic (exact) mass is 140 g/mol. The van der Waals surface area contributed by atoms with Gasteiger partial charge in [-0.25, -0.2) is 0 Å². The van der Waals surface area contributed by atoms with Crippen molar-refractivity contribution in [3.05, 3.63) is 0 Å². The summed E-state index contributed by atoms with van der Waals surface area (Å²) in [7, 11) is 3.29. The quantitative estimate of drug-likeness (QED) is 0.397. The van der Waals surface area contributed by atoms with Crippen molar-refractivity contribution in [2.24, 2.45) is 5.92 Å². The molecule has 0 aromatic rings. The van der Waals surface area contributed by atoms with Crippen LogP contribution >= 0.6 is 0 Å². The molecule has 0 amide bonds. The van der Waals surface area contributed by atoms with Crippen molar-refractivity contribution in [1.29, 1.82) is 0 Å². The Hall–Kier alpha value is -0.345. The lowest BCUT2D eigenvalue weighted by atomic mass is 10.1. The number of nitrogens with zero attached hydrogens (tertiary/aromatic N) is 1. The number of hydrogen-bond acceptors (Lipinski definition) is 3. The van der Waals surface area contributed by atoms with Gasteiger partial charge in [0.15, 0.2) is 0 Å². The summed E-state index contributed by atoms with van der Waals surface area (Å²) < 4.78 is 4.80. The second-order valence-corrected chi connectivity index (χ2v) is 2.52. The van der Waals surface area contributed by atoms with Crippen LogP contribution in [0, 0.1) is 5.92 Å². The Morgan fingerprint density at radius 1 is 1.80 bits per heavy atom. The van der Waals surface area contributed by atoms with Gasteiger partial charge >= 0.3 is 7.62 Å². The first-order valence-electron chi connectivity index (χ1n) is 3.42. The van der Waals surface area contributed by atoms with E-state index in [0.717, 1.165) is 25.8 Å². The van der Waals surface area contributed by atoms with E-state index in [2.05, 4.69) is 0 Å². The maximum absolute atomic E-state index is 10.3. The smallest absolute Gasteiger partial charge is 0.398 e. The van der Waals surface area contributed by atoms with Gasteiger partial charge in [0.25, 0.3) is 0 Å². The van der Waals surface area contributed by atoms with Crippen molar-refractivity contribution in [1.82, 2.24) is 4.81 Å². The zero-order valence-electron chi connectivity index (χ0n) is 6.12. The summed E-state index contributed by atoms with van der Waals surface area (Å²) >= 11 is 0. The van der Waals surface area contributed by atoms with E-state index in [1.54, 1.807) is 14.7 Å². The Kier molecular flexibility index (Phi) is 2.90. The second-order valence-electron chi connectivity index (χ2n) is 2.52. The standard InChI is InChI=1S/C6H11BNO2/c1-10-7-8-3-2-6(4-8)5-9/h5-6H,2-4H2,1H3. The van der Waals surface area contributed by atoms with Crippen LogP contribution in [0.25, 0.3) is 0 Å². The molecule has 0 spiro atoms. The van der Waals surface area contributed by atoms with E-state index in [9.17, 15) is 4.79 Å². The van der Waals surface area contributed by atoms with Gasteiger partial charge in [-0.05, 0) is 19.5 Å². The van der Waals surface area contributed by atoms with Gasteiger partial charge < -0.3 is 14.3 Å². The van der Waals surface area contributed by atoms with Crippen LogP contribution in [-0.2, 0) is 9.45 Å². The van der Waals surface area contributed by atoms with Gasteiger partial charge in [0.05, 0.1) is 0 Å². The summed E-state index contributed by atoms with van der Waals surface area (Å²) in [5, 5.41) is 0. The van der Waals surface area contributed by atoms with Gasteiger partial charge in [0.2, 0.25) is 0 Å². The van der Waals surface area contributed by atoms with E-state index in [0.29, 0.717) is 0 Å². The fraction of sp³-hybridized carbons (Fsp3) is 0.833. The number of carbonyl (C=O) groups is 1. The van der Waals surface area contributed by atoms with Crippen LogP contribution < -0.4 is 0 Å². The molecule has 4 heteroatoms. The predicted molar refractivity (Wildman–Crippen MR) is 38.5 cm³/mol. The Balaban J connectivity index is 2.21. The highest BCUT2D eigenvalue weighted by molar-refractivity contribution is 6.23. The molecule has 1 radical (unpaired) electrons. The highest BCUT2D eigenvalue weighted by atomic mass is 16.4. The molecule has 0 aromatic carbocycles. The average molecular weight is 140 g/mol. The zero-order valence-corrected chi connectivity index (χ0v) is 6.12. The number of carbonyl (C=O) groups excluding carboxylic acids is 1. The van der Waals surface area contributed by atoms with Crippen molar-refractivity contribution in [3.8, 4) is 0 Å². The summed E-state index contributed by atoms with van der Waals surface area (Å²) in [5.74, 6) is 0.214. The van der Waals surface area contributed by atoms with Gasteiger partial charge in [-0.2, -0.15) is 0 Å². The molecule has 55 valence electrons. The maximum Gasteiger partial charge on any atom is 0.398 e. The Morgan fingerprint density at radius 3 is 3.10 bits per heavy atom. The number of hydrogen-bond donors (Lipinski definition) is 0. The van der Waals surface area contributed by atoms with Crippen LogP contribution in [0.5, 0.6) is 0 Å². The topological polar surface area (TPSA) is 29.5 Å². The van der Waals surface area contributed by atoms with Gasteiger partial charge in [-0.15, -0.1) is 0 Å². The SMILES string of the molecule is CO[B]N1CCC(C=O)C1. The lowest BCUT2D eigenvalue weighted by molar-refractivity contribution is -0.110. The molecule has 1 atom stereocenters. The third kappa shape index (κ3) is 1.82. The summed E-state index contributed by atoms with van der Waals surface area (Å²) in [6.45, 7) is 1.76.